The number of nitrogens with zero attached hydrogens (tertiary/aromatic N) is 1. The molecule has 0 aromatic heterocycles. The summed E-state index contributed by atoms with van der Waals surface area (Å²) >= 11 is 6.40. The second-order valence-electron chi connectivity index (χ2n) is 7.27. The highest BCUT2D eigenvalue weighted by molar-refractivity contribution is 6.35. The maximum Gasteiger partial charge on any atom is 0.329 e. The lowest BCUT2D eigenvalue weighted by Crippen LogP contribution is -2.38. The molecule has 0 saturated heterocycles. The smallest absolute Gasteiger partial charge is 0.329 e. The van der Waals surface area contributed by atoms with Crippen molar-refractivity contribution in [2.24, 2.45) is 5.10 Å². The zero-order chi connectivity index (χ0) is 24.1. The molecule has 0 spiro atoms. The number of rotatable bonds is 12. The Labute approximate surface area is 199 Å². The molecule has 0 aliphatic carbocycles. The fourth-order valence-corrected chi connectivity index (χ4v) is 2.96. The first kappa shape index (κ1) is 26.2. The van der Waals surface area contributed by atoms with Crippen LogP contribution in [0.15, 0.2) is 47.6 Å². The van der Waals surface area contributed by atoms with Crippen molar-refractivity contribution in [3.63, 3.8) is 0 Å². The highest BCUT2D eigenvalue weighted by Crippen LogP contribution is 2.36. The van der Waals surface area contributed by atoms with E-state index in [1.54, 1.807) is 12.1 Å². The second-order valence-corrected chi connectivity index (χ2v) is 7.67. The molecule has 0 fully saturated rings. The maximum atomic E-state index is 11.9. The standard InChI is InChI=1S/C24H30ClN3O5/c1-4-31-21-14-19(13-20(25)22(21)33-16-18-9-6-5-7-10-18)15-27-28-24(30)23(29)26-11-8-12-32-17(2)3/h5-7,9-10,13-15,17H,4,8,11-12,16H2,1-3H3,(H,26,29)(H,28,30)/b27-15-. The first-order chi connectivity index (χ1) is 15.9. The molecule has 0 radical (unpaired) electrons. The summed E-state index contributed by atoms with van der Waals surface area (Å²) < 4.78 is 16.9. The van der Waals surface area contributed by atoms with Gasteiger partial charge in [0.15, 0.2) is 11.5 Å². The van der Waals surface area contributed by atoms with E-state index in [2.05, 4.69) is 15.8 Å². The Morgan fingerprint density at radius 1 is 1.12 bits per heavy atom. The van der Waals surface area contributed by atoms with Crippen LogP contribution in [0, 0.1) is 0 Å². The van der Waals surface area contributed by atoms with Crippen molar-refractivity contribution in [2.75, 3.05) is 19.8 Å². The monoisotopic (exact) mass is 475 g/mol. The summed E-state index contributed by atoms with van der Waals surface area (Å²) in [6.07, 6.45) is 2.11. The Hall–Kier alpha value is -3.10. The van der Waals surface area contributed by atoms with E-state index in [0.29, 0.717) is 54.9 Å². The van der Waals surface area contributed by atoms with Gasteiger partial charge in [0.25, 0.3) is 0 Å². The van der Waals surface area contributed by atoms with Crippen LogP contribution in [0.25, 0.3) is 0 Å². The van der Waals surface area contributed by atoms with Crippen LogP contribution < -0.4 is 20.2 Å². The summed E-state index contributed by atoms with van der Waals surface area (Å²) in [7, 11) is 0. The number of amides is 2. The van der Waals surface area contributed by atoms with Gasteiger partial charge < -0.3 is 19.5 Å². The minimum atomic E-state index is -0.866. The van der Waals surface area contributed by atoms with Gasteiger partial charge in [0.1, 0.15) is 6.61 Å². The van der Waals surface area contributed by atoms with Crippen molar-refractivity contribution in [2.45, 2.75) is 39.9 Å². The van der Waals surface area contributed by atoms with E-state index in [1.165, 1.54) is 6.21 Å². The number of hydrazone groups is 1. The van der Waals surface area contributed by atoms with Gasteiger partial charge in [-0.05, 0) is 50.5 Å². The molecule has 2 amide bonds. The topological polar surface area (TPSA) is 98.2 Å². The Bertz CT molecular complexity index is 935. The number of nitrogens with one attached hydrogen (secondary N) is 2. The van der Waals surface area contributed by atoms with Crippen molar-refractivity contribution >= 4 is 29.6 Å². The molecule has 178 valence electrons. The third kappa shape index (κ3) is 9.51. The van der Waals surface area contributed by atoms with Crippen LogP contribution in [-0.4, -0.2) is 43.9 Å². The average Bonchev–Trinajstić information content (AvgIpc) is 2.78. The number of halogens is 1. The van der Waals surface area contributed by atoms with E-state index in [4.69, 9.17) is 25.8 Å². The molecule has 0 atom stereocenters. The molecule has 33 heavy (non-hydrogen) atoms. The molecule has 0 unspecified atom stereocenters. The van der Waals surface area contributed by atoms with E-state index in [9.17, 15) is 9.59 Å². The summed E-state index contributed by atoms with van der Waals surface area (Å²) in [6.45, 7) is 7.30. The molecule has 0 bridgehead atoms. The molecule has 2 aromatic carbocycles. The van der Waals surface area contributed by atoms with E-state index >= 15 is 0 Å². The average molecular weight is 476 g/mol. The molecule has 0 saturated carbocycles. The van der Waals surface area contributed by atoms with Crippen LogP contribution in [0.5, 0.6) is 11.5 Å². The van der Waals surface area contributed by atoms with Gasteiger partial charge in [-0.1, -0.05) is 41.9 Å². The Morgan fingerprint density at radius 3 is 2.58 bits per heavy atom. The zero-order valence-corrected chi connectivity index (χ0v) is 19.9. The number of hydrogen-bond acceptors (Lipinski definition) is 6. The molecular formula is C24H30ClN3O5. The lowest BCUT2D eigenvalue weighted by Gasteiger charge is -2.14. The molecule has 0 heterocycles. The van der Waals surface area contributed by atoms with Gasteiger partial charge in [0.05, 0.1) is 23.9 Å². The lowest BCUT2D eigenvalue weighted by molar-refractivity contribution is -0.139. The SMILES string of the molecule is CCOc1cc(/C=N\NC(=O)C(=O)NCCCOC(C)C)cc(Cl)c1OCc1ccccc1. The molecule has 8 nitrogen and oxygen atoms in total. The largest absolute Gasteiger partial charge is 0.490 e. The quantitative estimate of drug-likeness (QED) is 0.211. The van der Waals surface area contributed by atoms with Gasteiger partial charge in [-0.2, -0.15) is 5.10 Å². The Balaban J connectivity index is 1.92. The summed E-state index contributed by atoms with van der Waals surface area (Å²) in [5.41, 5.74) is 3.76. The van der Waals surface area contributed by atoms with E-state index in [-0.39, 0.29) is 6.10 Å². The van der Waals surface area contributed by atoms with Gasteiger partial charge in [-0.25, -0.2) is 5.43 Å². The molecule has 0 aliphatic rings. The van der Waals surface area contributed by atoms with Gasteiger partial charge in [-0.15, -0.1) is 0 Å². The van der Waals surface area contributed by atoms with Crippen molar-refractivity contribution in [3.05, 3.63) is 58.6 Å². The number of ether oxygens (including phenoxy) is 3. The maximum absolute atomic E-state index is 11.9. The molecule has 0 aliphatic heterocycles. The number of carbonyl (C=O) groups is 2. The molecule has 2 N–H and O–H groups in total. The van der Waals surface area contributed by atoms with Crippen LogP contribution in [0.3, 0.4) is 0 Å². The normalized spacial score (nSPS) is 10.9. The van der Waals surface area contributed by atoms with E-state index in [0.717, 1.165) is 5.56 Å². The highest BCUT2D eigenvalue weighted by atomic mass is 35.5. The Morgan fingerprint density at radius 2 is 1.88 bits per heavy atom. The highest BCUT2D eigenvalue weighted by Gasteiger charge is 2.14. The third-order valence-electron chi connectivity index (χ3n) is 4.20. The van der Waals surface area contributed by atoms with Crippen LogP contribution in [0.1, 0.15) is 38.3 Å². The number of benzene rings is 2. The summed E-state index contributed by atoms with van der Waals surface area (Å²) in [5.74, 6) is -0.760. The summed E-state index contributed by atoms with van der Waals surface area (Å²) in [4.78, 5) is 23.7. The summed E-state index contributed by atoms with van der Waals surface area (Å²) in [5, 5.41) is 6.68. The fourth-order valence-electron chi connectivity index (χ4n) is 2.68. The van der Waals surface area contributed by atoms with Crippen molar-refractivity contribution in [1.82, 2.24) is 10.7 Å². The van der Waals surface area contributed by atoms with Crippen molar-refractivity contribution in [3.8, 4) is 11.5 Å². The first-order valence-corrected chi connectivity index (χ1v) is 11.1. The van der Waals surface area contributed by atoms with Crippen LogP contribution in [-0.2, 0) is 20.9 Å². The fraction of sp³-hybridized carbons (Fsp3) is 0.375. The van der Waals surface area contributed by atoms with E-state index in [1.807, 2.05) is 51.1 Å². The predicted octanol–water partition coefficient (Wildman–Crippen LogP) is 3.70. The minimum absolute atomic E-state index is 0.125. The zero-order valence-electron chi connectivity index (χ0n) is 19.1. The summed E-state index contributed by atoms with van der Waals surface area (Å²) in [6, 6.07) is 13.0. The van der Waals surface area contributed by atoms with Crippen LogP contribution in [0.4, 0.5) is 0 Å². The van der Waals surface area contributed by atoms with Gasteiger partial charge in [0.2, 0.25) is 0 Å². The molecule has 9 heteroatoms. The third-order valence-corrected chi connectivity index (χ3v) is 4.48. The Kier molecular flexibility index (Phi) is 11.2. The number of carbonyl (C=O) groups excluding carboxylic acids is 2. The number of hydrogen-bond donors (Lipinski definition) is 2. The van der Waals surface area contributed by atoms with Crippen molar-refractivity contribution < 1.29 is 23.8 Å². The van der Waals surface area contributed by atoms with Crippen LogP contribution in [0.2, 0.25) is 5.02 Å². The first-order valence-electron chi connectivity index (χ1n) is 10.8. The molecule has 2 aromatic rings. The molecular weight excluding hydrogens is 446 g/mol. The lowest BCUT2D eigenvalue weighted by atomic mass is 10.2. The van der Waals surface area contributed by atoms with Crippen LogP contribution >= 0.6 is 11.6 Å². The van der Waals surface area contributed by atoms with Gasteiger partial charge in [0, 0.05) is 13.2 Å². The minimum Gasteiger partial charge on any atom is -0.490 e. The van der Waals surface area contributed by atoms with Gasteiger partial charge >= 0.3 is 11.8 Å². The van der Waals surface area contributed by atoms with E-state index < -0.39 is 11.8 Å². The molecule has 2 rings (SSSR count). The predicted molar refractivity (Wildman–Crippen MR) is 128 cm³/mol. The van der Waals surface area contributed by atoms with Gasteiger partial charge in [-0.3, -0.25) is 9.59 Å². The van der Waals surface area contributed by atoms with Crippen molar-refractivity contribution in [1.29, 1.82) is 0 Å². The second kappa shape index (κ2) is 14.1.